The standard InChI is InChI=1S/C21H27.2ClH.Zr/c1-5-15-13-17-7-6-8-19(20(17)14-15)16-9-11-18(12-10-16)21(2,3)4;;;/h6-13,15,19-20H,5,14H2,1-4H3;2*1H;/q;;;+2/p-2. The van der Waals surface area contributed by atoms with Crippen LogP contribution >= 0.6 is 0 Å². The van der Waals surface area contributed by atoms with E-state index in [9.17, 15) is 0 Å². The van der Waals surface area contributed by atoms with Gasteiger partial charge >= 0.3 is 151 Å². The minimum atomic E-state index is 0. The van der Waals surface area contributed by atoms with Crippen LogP contribution in [0.15, 0.2) is 48.1 Å². The summed E-state index contributed by atoms with van der Waals surface area (Å²) in [6, 6.07) is 9.41. The van der Waals surface area contributed by atoms with Gasteiger partial charge in [0.2, 0.25) is 0 Å². The quantitative estimate of drug-likeness (QED) is 0.604. The molecule has 129 valence electrons. The second-order valence-electron chi connectivity index (χ2n) is 7.94. The fourth-order valence-corrected chi connectivity index (χ4v) is 5.73. The van der Waals surface area contributed by atoms with Crippen LogP contribution in [0.1, 0.15) is 57.6 Å². The second-order valence-corrected chi connectivity index (χ2v) is 9.47. The summed E-state index contributed by atoms with van der Waals surface area (Å²) in [6.45, 7) is 9.23. The molecule has 1 saturated carbocycles. The van der Waals surface area contributed by atoms with Crippen LogP contribution in [0.25, 0.3) is 0 Å². The summed E-state index contributed by atoms with van der Waals surface area (Å²) in [5.41, 5.74) is 4.91. The third-order valence-corrected chi connectivity index (χ3v) is 7.52. The minimum absolute atomic E-state index is 0. The Labute approximate surface area is 175 Å². The van der Waals surface area contributed by atoms with Crippen molar-refractivity contribution in [3.63, 3.8) is 0 Å². The summed E-state index contributed by atoms with van der Waals surface area (Å²) >= 11 is 1.70. The molecule has 3 rings (SSSR count). The smallest absolute Gasteiger partial charge is 1.00 e. The average molecular weight is 442 g/mol. The Bertz CT molecular complexity index is 595. The second kappa shape index (κ2) is 8.70. The van der Waals surface area contributed by atoms with Crippen LogP contribution in [0.2, 0.25) is 3.63 Å². The largest absolute Gasteiger partial charge is 1.00 e. The van der Waals surface area contributed by atoms with E-state index in [0.29, 0.717) is 5.92 Å². The van der Waals surface area contributed by atoms with Crippen molar-refractivity contribution in [3.8, 4) is 0 Å². The predicted octanol–water partition coefficient (Wildman–Crippen LogP) is -0.0467. The third kappa shape index (κ3) is 4.28. The maximum atomic E-state index is 2.43. The zero-order valence-electron chi connectivity index (χ0n) is 15.0. The molecule has 0 aromatic heterocycles. The molecule has 1 aromatic rings. The number of hydrogen-bond donors (Lipinski definition) is 0. The first kappa shape index (κ1) is 22.2. The van der Waals surface area contributed by atoms with Gasteiger partial charge in [-0.05, 0) is 0 Å². The Hall–Kier alpha value is 0.163. The van der Waals surface area contributed by atoms with Crippen molar-refractivity contribution in [1.29, 1.82) is 0 Å². The topological polar surface area (TPSA) is 0 Å². The van der Waals surface area contributed by atoms with E-state index in [1.807, 2.05) is 0 Å². The van der Waals surface area contributed by atoms with Gasteiger partial charge in [0.05, 0.1) is 0 Å². The number of hydrogen-bond acceptors (Lipinski definition) is 0. The van der Waals surface area contributed by atoms with Gasteiger partial charge < -0.3 is 24.8 Å². The summed E-state index contributed by atoms with van der Waals surface area (Å²) in [7, 11) is 0. The van der Waals surface area contributed by atoms with Gasteiger partial charge in [0, 0.05) is 0 Å². The van der Waals surface area contributed by atoms with E-state index in [-0.39, 0.29) is 30.2 Å². The van der Waals surface area contributed by atoms with Gasteiger partial charge in [-0.15, -0.1) is 0 Å². The van der Waals surface area contributed by atoms with Gasteiger partial charge in [-0.2, -0.15) is 0 Å². The summed E-state index contributed by atoms with van der Waals surface area (Å²) in [6.07, 6.45) is 9.87. The summed E-state index contributed by atoms with van der Waals surface area (Å²) in [4.78, 5) is 0. The van der Waals surface area contributed by atoms with Crippen molar-refractivity contribution in [2.75, 3.05) is 0 Å². The fraction of sp³-hybridized carbons (Fsp3) is 0.524. The Morgan fingerprint density at radius 1 is 1.08 bits per heavy atom. The SMILES string of the molecule is CCC1CC2C(=CC=CC2c2ccc(C(C)(C)C)cc2)[CH]1[Zr+2].[Cl-].[Cl-]. The first-order chi connectivity index (χ1) is 10.4. The van der Waals surface area contributed by atoms with Gasteiger partial charge in [0.1, 0.15) is 0 Å². The average Bonchev–Trinajstić information content (AvgIpc) is 2.83. The number of rotatable bonds is 2. The minimum Gasteiger partial charge on any atom is -1.00 e. The number of fused-ring (bicyclic) bond motifs is 1. The van der Waals surface area contributed by atoms with E-state index < -0.39 is 0 Å². The zero-order valence-corrected chi connectivity index (χ0v) is 19.0. The van der Waals surface area contributed by atoms with Gasteiger partial charge in [-0.25, -0.2) is 0 Å². The molecular weight excluding hydrogens is 414 g/mol. The van der Waals surface area contributed by atoms with Crippen LogP contribution in [-0.2, 0) is 30.1 Å². The fourth-order valence-electron chi connectivity index (χ4n) is 4.05. The zero-order chi connectivity index (χ0) is 15.9. The molecule has 4 atom stereocenters. The van der Waals surface area contributed by atoms with E-state index in [1.165, 1.54) is 24.0 Å². The summed E-state index contributed by atoms with van der Waals surface area (Å²) in [5, 5.41) is 0. The molecule has 0 radical (unpaired) electrons. The molecule has 0 aliphatic heterocycles. The molecule has 0 nitrogen and oxygen atoms in total. The molecule has 0 spiro atoms. The molecule has 3 heteroatoms. The van der Waals surface area contributed by atoms with Crippen molar-refractivity contribution < 1.29 is 49.5 Å². The first-order valence-electron chi connectivity index (χ1n) is 8.61. The van der Waals surface area contributed by atoms with Crippen LogP contribution in [0, 0.1) is 11.8 Å². The number of halogens is 2. The van der Waals surface area contributed by atoms with Crippen molar-refractivity contribution in [3.05, 3.63) is 59.2 Å². The molecule has 2 aliphatic carbocycles. The summed E-state index contributed by atoms with van der Waals surface area (Å²) in [5.74, 6) is 2.25. The van der Waals surface area contributed by atoms with Gasteiger partial charge in [-0.3, -0.25) is 0 Å². The predicted molar refractivity (Wildman–Crippen MR) is 90.7 cm³/mol. The van der Waals surface area contributed by atoms with E-state index >= 15 is 0 Å². The van der Waals surface area contributed by atoms with E-state index in [0.717, 1.165) is 15.5 Å². The Balaban J connectivity index is 0.00000144. The molecule has 0 heterocycles. The monoisotopic (exact) mass is 439 g/mol. The van der Waals surface area contributed by atoms with E-state index in [4.69, 9.17) is 0 Å². The van der Waals surface area contributed by atoms with E-state index in [1.54, 1.807) is 30.3 Å². The van der Waals surface area contributed by atoms with Gasteiger partial charge in [0.25, 0.3) is 0 Å². The van der Waals surface area contributed by atoms with Gasteiger partial charge in [0.15, 0.2) is 0 Å². The van der Waals surface area contributed by atoms with Crippen molar-refractivity contribution in [2.24, 2.45) is 11.8 Å². The van der Waals surface area contributed by atoms with Crippen LogP contribution < -0.4 is 24.8 Å². The Morgan fingerprint density at radius 3 is 2.25 bits per heavy atom. The van der Waals surface area contributed by atoms with E-state index in [2.05, 4.69) is 70.2 Å². The number of allylic oxidation sites excluding steroid dienone is 4. The van der Waals surface area contributed by atoms with Crippen LogP contribution in [0.4, 0.5) is 0 Å². The molecular formula is C21H27Cl2Zr. The van der Waals surface area contributed by atoms with Crippen molar-refractivity contribution in [2.45, 2.75) is 55.5 Å². The molecule has 0 bridgehead atoms. The molecule has 0 amide bonds. The molecule has 1 aromatic carbocycles. The molecule has 24 heavy (non-hydrogen) atoms. The summed E-state index contributed by atoms with van der Waals surface area (Å²) < 4.78 is 0.850. The van der Waals surface area contributed by atoms with Crippen LogP contribution in [0.5, 0.6) is 0 Å². The van der Waals surface area contributed by atoms with Crippen LogP contribution in [0.3, 0.4) is 0 Å². The maximum absolute atomic E-state index is 2.43. The third-order valence-electron chi connectivity index (χ3n) is 5.54. The Kier molecular flexibility index (Phi) is 8.05. The van der Waals surface area contributed by atoms with Crippen molar-refractivity contribution >= 4 is 0 Å². The molecule has 2 aliphatic rings. The van der Waals surface area contributed by atoms with Crippen LogP contribution in [-0.4, -0.2) is 0 Å². The maximum Gasteiger partial charge on any atom is -1.00 e. The first-order valence-corrected chi connectivity index (χ1v) is 10.0. The number of benzene rings is 1. The molecule has 0 saturated heterocycles. The molecule has 1 fully saturated rings. The molecule has 4 unspecified atom stereocenters. The molecule has 0 N–H and O–H groups in total. The van der Waals surface area contributed by atoms with Crippen molar-refractivity contribution in [1.82, 2.24) is 0 Å². The Morgan fingerprint density at radius 2 is 1.71 bits per heavy atom. The van der Waals surface area contributed by atoms with Gasteiger partial charge in [-0.1, -0.05) is 0 Å². The normalized spacial score (nSPS) is 28.5.